The minimum absolute atomic E-state index is 0.977. The second-order valence-corrected chi connectivity index (χ2v) is 20.2. The Labute approximate surface area is 61.4 Å². The van der Waals surface area contributed by atoms with Crippen molar-refractivity contribution in [3.05, 3.63) is 0 Å². The van der Waals surface area contributed by atoms with E-state index in [2.05, 4.69) is 42.7 Å². The molecule has 0 spiro atoms. The Morgan fingerprint density at radius 1 is 1.22 bits per heavy atom. The van der Waals surface area contributed by atoms with Crippen molar-refractivity contribution in [2.24, 2.45) is 0 Å². The van der Waals surface area contributed by atoms with Gasteiger partial charge >= 0.3 is 0 Å². The first-order chi connectivity index (χ1) is 3.68. The van der Waals surface area contributed by atoms with Gasteiger partial charge in [-0.05, 0) is 31.4 Å². The van der Waals surface area contributed by atoms with Gasteiger partial charge in [0, 0.05) is 4.58 Å². The lowest BCUT2D eigenvalue weighted by molar-refractivity contribution is 1.06. The molecule has 0 radical (unpaired) electrons. The SMILES string of the molecule is CCC1SS1(C)(C)(C)C. The second kappa shape index (κ2) is 1.20. The molecule has 1 rings (SSSR count). The molecule has 2 heteroatoms. The van der Waals surface area contributed by atoms with Gasteiger partial charge < -0.3 is 0 Å². The smallest absolute Gasteiger partial charge is 0.0378 e. The molecular weight excluding hydrogens is 148 g/mol. The first-order valence-electron chi connectivity index (χ1n) is 3.39. The first-order valence-corrected chi connectivity index (χ1v) is 8.93. The minimum Gasteiger partial charge on any atom is -0.236 e. The molecule has 0 nitrogen and oxygen atoms in total. The third-order valence-corrected chi connectivity index (χ3v) is 12.0. The Morgan fingerprint density at radius 3 is 1.56 bits per heavy atom. The highest BCUT2D eigenvalue weighted by Crippen LogP contribution is 3.08. The van der Waals surface area contributed by atoms with E-state index in [0.717, 1.165) is 4.58 Å². The topological polar surface area (TPSA) is 0 Å². The van der Waals surface area contributed by atoms with Gasteiger partial charge in [0.25, 0.3) is 0 Å². The van der Waals surface area contributed by atoms with E-state index in [1.165, 1.54) is 6.42 Å². The van der Waals surface area contributed by atoms with Crippen LogP contribution in [-0.2, 0) is 0 Å². The molecule has 0 aromatic rings. The largest absolute Gasteiger partial charge is 0.236 e. The summed E-state index contributed by atoms with van der Waals surface area (Å²) in [6.45, 7) is 2.30. The second-order valence-electron chi connectivity index (χ2n) is 5.09. The zero-order valence-corrected chi connectivity index (χ0v) is 8.73. The van der Waals surface area contributed by atoms with Crippen LogP contribution in [0.3, 0.4) is 0 Å². The van der Waals surface area contributed by atoms with Crippen LogP contribution in [0.5, 0.6) is 0 Å². The highest BCUT2D eigenvalue weighted by molar-refractivity contribution is 9.25. The molecule has 0 aromatic heterocycles. The average molecular weight is 166 g/mol. The van der Waals surface area contributed by atoms with Crippen molar-refractivity contribution < 1.29 is 0 Å². The molecule has 1 aliphatic rings. The molecule has 9 heavy (non-hydrogen) atoms. The van der Waals surface area contributed by atoms with E-state index in [9.17, 15) is 0 Å². The fourth-order valence-electron chi connectivity index (χ4n) is 1.27. The molecule has 1 saturated heterocycles. The Kier molecular flexibility index (Phi) is 1.04. The molecule has 0 aliphatic carbocycles. The maximum absolute atomic E-state index is 2.47. The Morgan fingerprint density at radius 2 is 1.56 bits per heavy atom. The van der Waals surface area contributed by atoms with Crippen LogP contribution < -0.4 is 0 Å². The summed E-state index contributed by atoms with van der Waals surface area (Å²) in [7, 11) is 0.767. The van der Waals surface area contributed by atoms with Crippen molar-refractivity contribution in [2.45, 2.75) is 17.9 Å². The van der Waals surface area contributed by atoms with E-state index in [1.807, 2.05) is 0 Å². The molecular formula is C7H18S2. The molecule has 58 valence electrons. The molecule has 0 bridgehead atoms. The molecule has 0 N–H and O–H groups in total. The third-order valence-electron chi connectivity index (χ3n) is 2.00. The molecule has 0 amide bonds. The summed E-state index contributed by atoms with van der Waals surface area (Å²) in [5, 5.41) is 0. The molecule has 1 unspecified atom stereocenters. The number of hydrogen-bond acceptors (Lipinski definition) is 1. The van der Waals surface area contributed by atoms with Crippen molar-refractivity contribution in [1.29, 1.82) is 0 Å². The Hall–Kier alpha value is 0.700. The van der Waals surface area contributed by atoms with E-state index in [0.29, 0.717) is 0 Å². The lowest BCUT2D eigenvalue weighted by Gasteiger charge is -2.49. The van der Waals surface area contributed by atoms with E-state index in [1.54, 1.807) is 0 Å². The quantitative estimate of drug-likeness (QED) is 0.426. The highest BCUT2D eigenvalue weighted by atomic mass is 33.3. The third kappa shape index (κ3) is 1.25. The summed E-state index contributed by atoms with van der Waals surface area (Å²) in [4.78, 5) is 0. The fraction of sp³-hybridized carbons (Fsp3) is 1.00. The van der Waals surface area contributed by atoms with Gasteiger partial charge in [-0.1, -0.05) is 6.92 Å². The van der Waals surface area contributed by atoms with E-state index in [-0.39, 0.29) is 0 Å². The summed E-state index contributed by atoms with van der Waals surface area (Å²) < 4.78 is 0.977. The first kappa shape index (κ1) is 7.80. The van der Waals surface area contributed by atoms with Crippen LogP contribution in [-0.4, -0.2) is 29.6 Å². The summed E-state index contributed by atoms with van der Waals surface area (Å²) >= 11 is 0. The van der Waals surface area contributed by atoms with Crippen LogP contribution in [0, 0.1) is 0 Å². The van der Waals surface area contributed by atoms with Gasteiger partial charge in [-0.3, -0.25) is 0 Å². The van der Waals surface area contributed by atoms with Gasteiger partial charge in [-0.15, -0.1) is 10.8 Å². The van der Waals surface area contributed by atoms with Crippen LogP contribution in [0.2, 0.25) is 0 Å². The van der Waals surface area contributed by atoms with Gasteiger partial charge in [-0.25, -0.2) is 7.33 Å². The molecule has 0 saturated carbocycles. The predicted molar refractivity (Wildman–Crippen MR) is 53.0 cm³/mol. The zero-order chi connectivity index (χ0) is 7.40. The van der Waals surface area contributed by atoms with Crippen LogP contribution >= 0.6 is 18.1 Å². The number of hydrogen-bond donors (Lipinski definition) is 0. The van der Waals surface area contributed by atoms with Crippen LogP contribution in [0.1, 0.15) is 13.3 Å². The summed E-state index contributed by atoms with van der Waals surface area (Å²) in [6, 6.07) is 0. The fourth-order valence-corrected chi connectivity index (χ4v) is 10.3. The summed E-state index contributed by atoms with van der Waals surface area (Å²) in [6.07, 6.45) is 11.2. The van der Waals surface area contributed by atoms with Gasteiger partial charge in [0.1, 0.15) is 0 Å². The maximum atomic E-state index is 2.47. The Balaban J connectivity index is 2.83. The summed E-state index contributed by atoms with van der Waals surface area (Å²) in [5.74, 6) is 0. The maximum Gasteiger partial charge on any atom is 0.0378 e. The lowest BCUT2D eigenvalue weighted by atomic mass is 10.6. The van der Waals surface area contributed by atoms with E-state index in [4.69, 9.17) is 0 Å². The van der Waals surface area contributed by atoms with Crippen LogP contribution in [0.4, 0.5) is 0 Å². The van der Waals surface area contributed by atoms with Gasteiger partial charge in [-0.2, -0.15) is 0 Å². The number of rotatable bonds is 1. The molecule has 1 fully saturated rings. The van der Waals surface area contributed by atoms with E-state index >= 15 is 0 Å². The highest BCUT2D eigenvalue weighted by Gasteiger charge is 2.65. The minimum atomic E-state index is -1.45. The van der Waals surface area contributed by atoms with Crippen LogP contribution in [0.15, 0.2) is 0 Å². The van der Waals surface area contributed by atoms with Gasteiger partial charge in [0.2, 0.25) is 0 Å². The van der Waals surface area contributed by atoms with Crippen molar-refractivity contribution in [3.8, 4) is 0 Å². The normalized spacial score (nSPS) is 49.7. The van der Waals surface area contributed by atoms with Gasteiger partial charge in [0.05, 0.1) is 0 Å². The molecule has 1 heterocycles. The van der Waals surface area contributed by atoms with Crippen molar-refractivity contribution in [2.75, 3.05) is 25.0 Å². The van der Waals surface area contributed by atoms with E-state index < -0.39 is 7.33 Å². The van der Waals surface area contributed by atoms with Crippen LogP contribution in [0.25, 0.3) is 0 Å². The average Bonchev–Trinajstić information content (AvgIpc) is 2.01. The van der Waals surface area contributed by atoms with Crippen molar-refractivity contribution in [1.82, 2.24) is 0 Å². The van der Waals surface area contributed by atoms with Gasteiger partial charge in [0.15, 0.2) is 0 Å². The zero-order valence-electron chi connectivity index (χ0n) is 7.10. The predicted octanol–water partition coefficient (Wildman–Crippen LogP) is 2.78. The standard InChI is InChI=1S/C7H18S2/c1-6-7-8-9(7,2,3,4)5/h7H,6H2,1-5H3. The molecule has 0 aromatic carbocycles. The summed E-state index contributed by atoms with van der Waals surface area (Å²) in [5.41, 5.74) is 0. The van der Waals surface area contributed by atoms with Crippen molar-refractivity contribution >= 4 is 18.1 Å². The van der Waals surface area contributed by atoms with Crippen molar-refractivity contribution in [3.63, 3.8) is 0 Å². The molecule has 1 aliphatic heterocycles. The molecule has 1 atom stereocenters. The Bertz CT molecular complexity index is 148. The monoisotopic (exact) mass is 166 g/mol. The lowest BCUT2D eigenvalue weighted by Crippen LogP contribution is -2.15.